The third kappa shape index (κ3) is 3.48. The lowest BCUT2D eigenvalue weighted by Gasteiger charge is -2.34. The monoisotopic (exact) mass is 314 g/mol. The van der Waals surface area contributed by atoms with Gasteiger partial charge in [-0.05, 0) is 46.1 Å². The van der Waals surface area contributed by atoms with Gasteiger partial charge in [-0.25, -0.2) is 8.42 Å². The Bertz CT molecular complexity index is 574. The zero-order chi connectivity index (χ0) is 15.6. The number of piperidine rings is 1. The average Bonchev–Trinajstić information content (AvgIpc) is 2.81. The van der Waals surface area contributed by atoms with Crippen LogP contribution in [0.1, 0.15) is 18.5 Å². The Morgan fingerprint density at radius 1 is 1.33 bits per heavy atom. The van der Waals surface area contributed by atoms with Crippen molar-refractivity contribution in [3.05, 3.63) is 18.0 Å². The van der Waals surface area contributed by atoms with Crippen LogP contribution in [0, 0.1) is 0 Å². The normalized spacial score (nSPS) is 18.5. The van der Waals surface area contributed by atoms with E-state index in [1.165, 1.54) is 0 Å². The van der Waals surface area contributed by atoms with Gasteiger partial charge >= 0.3 is 0 Å². The molecule has 7 heteroatoms. The van der Waals surface area contributed by atoms with E-state index < -0.39 is 10.0 Å². The Balaban J connectivity index is 2.18. The van der Waals surface area contributed by atoms with Gasteiger partial charge in [0.05, 0.1) is 0 Å². The summed E-state index contributed by atoms with van der Waals surface area (Å²) < 4.78 is 28.9. The summed E-state index contributed by atoms with van der Waals surface area (Å²) >= 11 is 0. The third-order valence-electron chi connectivity index (χ3n) is 4.32. The molecule has 1 aliphatic heterocycles. The first-order valence-corrected chi connectivity index (χ1v) is 8.76. The Kier molecular flexibility index (Phi) is 5.08. The number of hydrogen-bond acceptors (Lipinski definition) is 4. The zero-order valence-electron chi connectivity index (χ0n) is 13.3. The molecule has 21 heavy (non-hydrogen) atoms. The molecule has 0 radical (unpaired) electrons. The third-order valence-corrected chi connectivity index (χ3v) is 6.20. The second-order valence-corrected chi connectivity index (χ2v) is 7.86. The first-order valence-electron chi connectivity index (χ1n) is 7.32. The van der Waals surface area contributed by atoms with Crippen molar-refractivity contribution in [3.63, 3.8) is 0 Å². The number of nitrogens with zero attached hydrogens (tertiary/aromatic N) is 3. The molecule has 2 heterocycles. The van der Waals surface area contributed by atoms with Gasteiger partial charge in [0, 0.05) is 38.6 Å². The summed E-state index contributed by atoms with van der Waals surface area (Å²) in [7, 11) is 4.10. The van der Waals surface area contributed by atoms with Gasteiger partial charge in [-0.15, -0.1) is 0 Å². The number of aryl methyl sites for hydroxylation is 1. The van der Waals surface area contributed by atoms with Gasteiger partial charge in [-0.3, -0.25) is 0 Å². The Labute approximate surface area is 127 Å². The summed E-state index contributed by atoms with van der Waals surface area (Å²) in [5.74, 6) is 0. The van der Waals surface area contributed by atoms with Crippen molar-refractivity contribution < 1.29 is 8.42 Å². The van der Waals surface area contributed by atoms with E-state index >= 15 is 0 Å². The minimum atomic E-state index is -3.41. The molecule has 1 aromatic heterocycles. The van der Waals surface area contributed by atoms with Gasteiger partial charge in [0.1, 0.15) is 4.90 Å². The highest BCUT2D eigenvalue weighted by Gasteiger charge is 2.31. The molecule has 0 aliphatic carbocycles. The van der Waals surface area contributed by atoms with Crippen molar-refractivity contribution in [2.75, 3.05) is 34.2 Å². The molecule has 120 valence electrons. The predicted octanol–water partition coefficient (Wildman–Crippen LogP) is 0.459. The van der Waals surface area contributed by atoms with Crippen molar-refractivity contribution in [2.24, 2.45) is 7.05 Å². The minimum absolute atomic E-state index is 0.0964. The quantitative estimate of drug-likeness (QED) is 0.858. The summed E-state index contributed by atoms with van der Waals surface area (Å²) in [6, 6.07) is 1.86. The van der Waals surface area contributed by atoms with Crippen molar-refractivity contribution >= 4 is 10.0 Å². The molecular formula is C14H26N4O2S. The molecule has 0 atom stereocenters. The fourth-order valence-corrected chi connectivity index (χ4v) is 4.31. The number of likely N-dealkylation sites (tertiary alicyclic amines) is 1. The smallest absolute Gasteiger partial charge is 0.244 e. The zero-order valence-corrected chi connectivity index (χ0v) is 14.2. The predicted molar refractivity (Wildman–Crippen MR) is 83.6 cm³/mol. The van der Waals surface area contributed by atoms with Crippen LogP contribution in [0.15, 0.2) is 17.2 Å². The summed E-state index contributed by atoms with van der Waals surface area (Å²) in [6.45, 7) is 2.55. The average molecular weight is 314 g/mol. The molecule has 0 unspecified atom stereocenters. The molecule has 0 saturated carbocycles. The van der Waals surface area contributed by atoms with Crippen LogP contribution in [-0.4, -0.2) is 62.5 Å². The van der Waals surface area contributed by atoms with E-state index in [1.54, 1.807) is 23.6 Å². The highest BCUT2D eigenvalue weighted by Crippen LogP contribution is 2.23. The van der Waals surface area contributed by atoms with E-state index in [1.807, 2.05) is 18.7 Å². The van der Waals surface area contributed by atoms with Gasteiger partial charge in [0.15, 0.2) is 0 Å². The second kappa shape index (κ2) is 6.48. The largest absolute Gasteiger partial charge is 0.352 e. The second-order valence-electron chi connectivity index (χ2n) is 5.86. The van der Waals surface area contributed by atoms with Crippen LogP contribution in [0.25, 0.3) is 0 Å². The summed E-state index contributed by atoms with van der Waals surface area (Å²) in [4.78, 5) is 2.63. The Morgan fingerprint density at radius 3 is 2.52 bits per heavy atom. The maximum atomic E-state index is 12.8. The van der Waals surface area contributed by atoms with Crippen LogP contribution in [-0.2, 0) is 23.6 Å². The van der Waals surface area contributed by atoms with E-state index in [0.717, 1.165) is 31.6 Å². The molecule has 1 N–H and O–H groups in total. The molecule has 1 aromatic rings. The number of rotatable bonds is 5. The lowest BCUT2D eigenvalue weighted by molar-refractivity contribution is 0.197. The summed E-state index contributed by atoms with van der Waals surface area (Å²) in [5.41, 5.74) is 0.966. The lowest BCUT2D eigenvalue weighted by atomic mass is 10.1. The first kappa shape index (κ1) is 16.5. The van der Waals surface area contributed by atoms with Gasteiger partial charge in [-0.2, -0.15) is 4.31 Å². The first-order chi connectivity index (χ1) is 9.86. The number of hydrogen-bond donors (Lipinski definition) is 1. The van der Waals surface area contributed by atoms with Crippen molar-refractivity contribution in [3.8, 4) is 0 Å². The van der Waals surface area contributed by atoms with E-state index in [2.05, 4.69) is 17.3 Å². The SMILES string of the molecule is CNCc1cc(S(=O)(=O)N(C)C2CCN(C)CC2)cn1C. The topological polar surface area (TPSA) is 57.6 Å². The summed E-state index contributed by atoms with van der Waals surface area (Å²) in [6.07, 6.45) is 3.48. The molecule has 0 amide bonds. The standard InChI is InChI=1S/C14H26N4O2S/c1-15-10-13-9-14(11-17(13)3)21(19,20)18(4)12-5-7-16(2)8-6-12/h9,11-12,15H,5-8,10H2,1-4H3. The van der Waals surface area contributed by atoms with Gasteiger partial charge in [0.25, 0.3) is 0 Å². The minimum Gasteiger partial charge on any atom is -0.352 e. The van der Waals surface area contributed by atoms with Crippen LogP contribution >= 0.6 is 0 Å². The lowest BCUT2D eigenvalue weighted by Crippen LogP contribution is -2.44. The van der Waals surface area contributed by atoms with Crippen LogP contribution in [0.2, 0.25) is 0 Å². The van der Waals surface area contributed by atoms with Crippen molar-refractivity contribution in [1.29, 1.82) is 0 Å². The van der Waals surface area contributed by atoms with Crippen molar-refractivity contribution in [2.45, 2.75) is 30.3 Å². The Hall–Kier alpha value is -0.890. The molecule has 1 fully saturated rings. The van der Waals surface area contributed by atoms with Gasteiger partial charge in [-0.1, -0.05) is 0 Å². The van der Waals surface area contributed by atoms with E-state index in [9.17, 15) is 8.42 Å². The molecule has 6 nitrogen and oxygen atoms in total. The molecule has 2 rings (SSSR count). The van der Waals surface area contributed by atoms with E-state index in [4.69, 9.17) is 0 Å². The van der Waals surface area contributed by atoms with E-state index in [-0.39, 0.29) is 6.04 Å². The highest BCUT2D eigenvalue weighted by atomic mass is 32.2. The van der Waals surface area contributed by atoms with Crippen LogP contribution < -0.4 is 5.32 Å². The highest BCUT2D eigenvalue weighted by molar-refractivity contribution is 7.89. The van der Waals surface area contributed by atoms with Gasteiger partial charge in [0.2, 0.25) is 10.0 Å². The molecule has 1 aliphatic rings. The molecular weight excluding hydrogens is 288 g/mol. The van der Waals surface area contributed by atoms with Crippen molar-refractivity contribution in [1.82, 2.24) is 19.1 Å². The number of aromatic nitrogens is 1. The van der Waals surface area contributed by atoms with E-state index in [0.29, 0.717) is 11.4 Å². The fraction of sp³-hybridized carbons (Fsp3) is 0.714. The van der Waals surface area contributed by atoms with Crippen LogP contribution in [0.3, 0.4) is 0 Å². The molecule has 0 spiro atoms. The number of nitrogens with one attached hydrogen (secondary N) is 1. The maximum absolute atomic E-state index is 12.8. The molecule has 0 aromatic carbocycles. The van der Waals surface area contributed by atoms with Gasteiger partial charge < -0.3 is 14.8 Å². The maximum Gasteiger partial charge on any atom is 0.244 e. The summed E-state index contributed by atoms with van der Waals surface area (Å²) in [5, 5.41) is 3.05. The fourth-order valence-electron chi connectivity index (χ4n) is 2.80. The molecule has 0 bridgehead atoms. The van der Waals surface area contributed by atoms with Crippen LogP contribution in [0.4, 0.5) is 0 Å². The number of sulfonamides is 1. The molecule has 1 saturated heterocycles. The Morgan fingerprint density at radius 2 is 1.95 bits per heavy atom. The van der Waals surface area contributed by atoms with Crippen LogP contribution in [0.5, 0.6) is 0 Å².